The summed E-state index contributed by atoms with van der Waals surface area (Å²) >= 11 is 0. The summed E-state index contributed by atoms with van der Waals surface area (Å²) in [5.41, 5.74) is 5.32. The van der Waals surface area contributed by atoms with Crippen LogP contribution in [0.15, 0.2) is 0 Å². The predicted molar refractivity (Wildman–Crippen MR) is 37.5 cm³/mol. The molecular weight excluding hydrogens is 132 g/mol. The van der Waals surface area contributed by atoms with E-state index in [1.54, 1.807) is 0 Å². The van der Waals surface area contributed by atoms with Crippen molar-refractivity contribution in [1.29, 1.82) is 0 Å². The van der Waals surface area contributed by atoms with Gasteiger partial charge < -0.3 is 21.3 Å². The molecular formula is C6H14N2O2. The third-order valence-electron chi connectivity index (χ3n) is 2.01. The summed E-state index contributed by atoms with van der Waals surface area (Å²) in [6, 6.07) is -0.200. The molecule has 0 amide bonds. The van der Waals surface area contributed by atoms with Crippen LogP contribution in [0.5, 0.6) is 0 Å². The fourth-order valence-electron chi connectivity index (χ4n) is 1.28. The fraction of sp³-hybridized carbons (Fsp3) is 1.00. The summed E-state index contributed by atoms with van der Waals surface area (Å²) in [5.74, 6) is 0. The van der Waals surface area contributed by atoms with Gasteiger partial charge in [0.2, 0.25) is 0 Å². The van der Waals surface area contributed by atoms with Gasteiger partial charge in [0.15, 0.2) is 0 Å². The van der Waals surface area contributed by atoms with Gasteiger partial charge in [0.1, 0.15) is 0 Å². The highest BCUT2D eigenvalue weighted by atomic mass is 16.3. The maximum Gasteiger partial charge on any atom is 0.0979 e. The topological polar surface area (TPSA) is 78.5 Å². The molecule has 1 heterocycles. The Morgan fingerprint density at radius 3 is 2.20 bits per heavy atom. The van der Waals surface area contributed by atoms with Crippen LogP contribution in [0.25, 0.3) is 0 Å². The van der Waals surface area contributed by atoms with Gasteiger partial charge in [-0.25, -0.2) is 0 Å². The van der Waals surface area contributed by atoms with Crippen molar-refractivity contribution in [3.63, 3.8) is 0 Å². The Kier molecular flexibility index (Phi) is 2.25. The molecule has 0 aliphatic carbocycles. The van der Waals surface area contributed by atoms with Crippen molar-refractivity contribution >= 4 is 0 Å². The molecule has 1 aliphatic heterocycles. The molecule has 60 valence electrons. The van der Waals surface area contributed by atoms with Crippen LogP contribution in [-0.2, 0) is 0 Å². The zero-order chi connectivity index (χ0) is 7.72. The Hall–Kier alpha value is -0.160. The molecule has 4 nitrogen and oxygen atoms in total. The lowest BCUT2D eigenvalue weighted by atomic mass is 10.1. The van der Waals surface area contributed by atoms with Gasteiger partial charge in [-0.2, -0.15) is 0 Å². The first-order chi connectivity index (χ1) is 4.66. The Morgan fingerprint density at radius 2 is 2.00 bits per heavy atom. The first-order valence-electron chi connectivity index (χ1n) is 3.49. The fourth-order valence-corrected chi connectivity index (χ4v) is 1.28. The molecule has 0 spiro atoms. The summed E-state index contributed by atoms with van der Waals surface area (Å²) in [4.78, 5) is 0. The molecule has 0 unspecified atom stereocenters. The first-order valence-corrected chi connectivity index (χ1v) is 3.49. The minimum absolute atomic E-state index is 0.0523. The van der Waals surface area contributed by atoms with E-state index >= 15 is 0 Å². The van der Waals surface area contributed by atoms with Crippen LogP contribution >= 0.6 is 0 Å². The Balaban J connectivity index is 2.53. The Morgan fingerprint density at radius 1 is 1.40 bits per heavy atom. The number of hydrogen-bond acceptors (Lipinski definition) is 4. The van der Waals surface area contributed by atoms with Gasteiger partial charge in [-0.15, -0.1) is 0 Å². The minimum atomic E-state index is -0.708. The van der Waals surface area contributed by atoms with E-state index in [2.05, 4.69) is 5.32 Å². The van der Waals surface area contributed by atoms with Gasteiger partial charge in [0.25, 0.3) is 0 Å². The van der Waals surface area contributed by atoms with E-state index in [1.807, 2.05) is 6.92 Å². The van der Waals surface area contributed by atoms with Crippen molar-refractivity contribution in [3.05, 3.63) is 0 Å². The second-order valence-electron chi connectivity index (χ2n) is 2.78. The van der Waals surface area contributed by atoms with E-state index in [0.29, 0.717) is 6.54 Å². The number of nitrogens with one attached hydrogen (secondary N) is 1. The highest BCUT2D eigenvalue weighted by molar-refractivity contribution is 4.96. The van der Waals surface area contributed by atoms with E-state index in [4.69, 9.17) is 5.73 Å². The van der Waals surface area contributed by atoms with Crippen molar-refractivity contribution in [1.82, 2.24) is 5.32 Å². The summed E-state index contributed by atoms with van der Waals surface area (Å²) in [7, 11) is 0. The lowest BCUT2D eigenvalue weighted by Crippen LogP contribution is -2.39. The van der Waals surface area contributed by atoms with Gasteiger partial charge in [-0.3, -0.25) is 0 Å². The SMILES string of the molecule is C[C@@H]1N[C@@H](CN)[C@H](O)[C@@H]1O. The standard InChI is InChI=1S/C6H14N2O2/c1-3-5(9)6(10)4(2-7)8-3/h3-6,8-10H,2,7H2,1H3/t3-,4-,5+,6-/m0/s1. The zero-order valence-corrected chi connectivity index (χ0v) is 5.99. The first kappa shape index (κ1) is 7.94. The molecule has 4 atom stereocenters. The van der Waals surface area contributed by atoms with E-state index in [1.165, 1.54) is 0 Å². The number of rotatable bonds is 1. The maximum absolute atomic E-state index is 9.24. The van der Waals surface area contributed by atoms with Crippen LogP contribution in [0.4, 0.5) is 0 Å². The van der Waals surface area contributed by atoms with Crippen molar-refractivity contribution in [2.45, 2.75) is 31.2 Å². The number of hydrogen-bond donors (Lipinski definition) is 4. The van der Waals surface area contributed by atoms with E-state index < -0.39 is 12.2 Å². The molecule has 5 N–H and O–H groups in total. The molecule has 0 aromatic heterocycles. The lowest BCUT2D eigenvalue weighted by molar-refractivity contribution is 0.0315. The normalized spacial score (nSPS) is 48.0. The second kappa shape index (κ2) is 2.84. The summed E-state index contributed by atoms with van der Waals surface area (Å²) in [5, 5.41) is 21.4. The summed E-state index contributed by atoms with van der Waals surface area (Å²) < 4.78 is 0. The highest BCUT2D eigenvalue weighted by Crippen LogP contribution is 2.12. The monoisotopic (exact) mass is 146 g/mol. The quantitative estimate of drug-likeness (QED) is 0.346. The average molecular weight is 146 g/mol. The van der Waals surface area contributed by atoms with E-state index in [-0.39, 0.29) is 12.1 Å². The molecule has 0 aromatic carbocycles. The molecule has 0 radical (unpaired) electrons. The average Bonchev–Trinajstić information content (AvgIpc) is 2.17. The lowest BCUT2D eigenvalue weighted by Gasteiger charge is -2.12. The predicted octanol–water partition coefficient (Wildman–Crippen LogP) is -1.97. The van der Waals surface area contributed by atoms with Crippen LogP contribution in [-0.4, -0.2) is 41.0 Å². The van der Waals surface area contributed by atoms with Gasteiger partial charge in [0, 0.05) is 18.6 Å². The molecule has 1 rings (SSSR count). The third kappa shape index (κ3) is 1.15. The van der Waals surface area contributed by atoms with Crippen LogP contribution < -0.4 is 11.1 Å². The third-order valence-corrected chi connectivity index (χ3v) is 2.01. The van der Waals surface area contributed by atoms with Gasteiger partial charge in [-0.05, 0) is 6.92 Å². The maximum atomic E-state index is 9.24. The van der Waals surface area contributed by atoms with Crippen molar-refractivity contribution < 1.29 is 10.2 Å². The molecule has 4 heteroatoms. The van der Waals surface area contributed by atoms with Crippen LogP contribution in [0.3, 0.4) is 0 Å². The van der Waals surface area contributed by atoms with Gasteiger partial charge in [-0.1, -0.05) is 0 Å². The summed E-state index contributed by atoms with van der Waals surface area (Å²) in [6.07, 6.45) is -1.38. The van der Waals surface area contributed by atoms with Crippen molar-refractivity contribution in [2.75, 3.05) is 6.54 Å². The number of aliphatic hydroxyl groups is 2. The summed E-state index contributed by atoms with van der Waals surface area (Å²) in [6.45, 7) is 2.19. The molecule has 1 fully saturated rings. The van der Waals surface area contributed by atoms with E-state index in [0.717, 1.165) is 0 Å². The van der Waals surface area contributed by atoms with Crippen LogP contribution in [0.1, 0.15) is 6.92 Å². The number of aliphatic hydroxyl groups excluding tert-OH is 2. The second-order valence-corrected chi connectivity index (χ2v) is 2.78. The molecule has 10 heavy (non-hydrogen) atoms. The van der Waals surface area contributed by atoms with E-state index in [9.17, 15) is 10.2 Å². The Bertz CT molecular complexity index is 120. The molecule has 1 saturated heterocycles. The van der Waals surface area contributed by atoms with Gasteiger partial charge in [0.05, 0.1) is 12.2 Å². The molecule has 1 aliphatic rings. The van der Waals surface area contributed by atoms with Crippen LogP contribution in [0.2, 0.25) is 0 Å². The Labute approximate surface area is 60.0 Å². The largest absolute Gasteiger partial charge is 0.389 e. The zero-order valence-electron chi connectivity index (χ0n) is 5.99. The highest BCUT2D eigenvalue weighted by Gasteiger charge is 2.37. The molecule has 0 bridgehead atoms. The minimum Gasteiger partial charge on any atom is -0.389 e. The van der Waals surface area contributed by atoms with Gasteiger partial charge >= 0.3 is 0 Å². The van der Waals surface area contributed by atoms with Crippen LogP contribution in [0, 0.1) is 0 Å². The smallest absolute Gasteiger partial charge is 0.0979 e. The van der Waals surface area contributed by atoms with Crippen molar-refractivity contribution in [2.24, 2.45) is 5.73 Å². The number of nitrogens with two attached hydrogens (primary N) is 1. The van der Waals surface area contributed by atoms with Crippen molar-refractivity contribution in [3.8, 4) is 0 Å². The molecule has 0 saturated carbocycles. The molecule has 0 aromatic rings.